The van der Waals surface area contributed by atoms with Crippen molar-refractivity contribution in [1.82, 2.24) is 19.4 Å². The fourth-order valence-electron chi connectivity index (χ4n) is 2.43. The first-order valence-corrected chi connectivity index (χ1v) is 8.74. The first-order chi connectivity index (χ1) is 9.85. The van der Waals surface area contributed by atoms with Gasteiger partial charge in [-0.2, -0.15) is 5.10 Å². The fraction of sp³-hybridized carbons (Fsp3) is 0.769. The Hall–Kier alpha value is -0.960. The fourth-order valence-corrected chi connectivity index (χ4v) is 3.58. The van der Waals surface area contributed by atoms with E-state index >= 15 is 0 Å². The van der Waals surface area contributed by atoms with E-state index in [0.717, 1.165) is 25.9 Å². The largest absolute Gasteiger partial charge is 0.329 e. The third-order valence-electron chi connectivity index (χ3n) is 4.16. The molecule has 1 fully saturated rings. The second-order valence-corrected chi connectivity index (χ2v) is 7.93. The van der Waals surface area contributed by atoms with Gasteiger partial charge in [-0.1, -0.05) is 6.92 Å². The molecule has 0 atom stereocenters. The molecule has 8 heteroatoms. The lowest BCUT2D eigenvalue weighted by atomic mass is 9.81. The number of hydrogen-bond donors (Lipinski definition) is 2. The quantitative estimate of drug-likeness (QED) is 0.761. The maximum absolute atomic E-state index is 12.3. The molecule has 7 nitrogen and oxygen atoms in total. The minimum Gasteiger partial charge on any atom is -0.329 e. The molecule has 0 spiro atoms. The third kappa shape index (κ3) is 4.26. The highest BCUT2D eigenvalue weighted by atomic mass is 32.2. The molecule has 120 valence electrons. The molecule has 0 aromatic carbocycles. The summed E-state index contributed by atoms with van der Waals surface area (Å²) in [5.74, 6) is 0. The number of likely N-dealkylation sites (tertiary alicyclic amines) is 1. The van der Waals surface area contributed by atoms with Gasteiger partial charge in [0.1, 0.15) is 4.90 Å². The van der Waals surface area contributed by atoms with Crippen LogP contribution in [0.15, 0.2) is 17.3 Å². The molecule has 0 unspecified atom stereocenters. The van der Waals surface area contributed by atoms with Gasteiger partial charge in [0.2, 0.25) is 10.0 Å². The molecule has 0 radical (unpaired) electrons. The van der Waals surface area contributed by atoms with Gasteiger partial charge in [0, 0.05) is 19.3 Å². The molecule has 0 aliphatic carbocycles. The molecule has 2 heterocycles. The molecular formula is C13H25N5O2S. The van der Waals surface area contributed by atoms with Crippen LogP contribution in [0.4, 0.5) is 0 Å². The van der Waals surface area contributed by atoms with E-state index in [0.29, 0.717) is 19.6 Å². The number of rotatable bonds is 6. The highest BCUT2D eigenvalue weighted by Crippen LogP contribution is 2.29. The van der Waals surface area contributed by atoms with Crippen LogP contribution >= 0.6 is 0 Å². The lowest BCUT2D eigenvalue weighted by Gasteiger charge is -2.37. The zero-order valence-electron chi connectivity index (χ0n) is 12.7. The second-order valence-electron chi connectivity index (χ2n) is 6.17. The highest BCUT2D eigenvalue weighted by molar-refractivity contribution is 7.89. The van der Waals surface area contributed by atoms with Crippen molar-refractivity contribution in [3.8, 4) is 0 Å². The predicted octanol–water partition coefficient (Wildman–Crippen LogP) is -0.148. The zero-order valence-corrected chi connectivity index (χ0v) is 13.6. The average molecular weight is 315 g/mol. The Balaban J connectivity index is 1.97. The number of hydrogen-bond acceptors (Lipinski definition) is 5. The molecule has 0 saturated carbocycles. The van der Waals surface area contributed by atoms with E-state index in [-0.39, 0.29) is 10.3 Å². The van der Waals surface area contributed by atoms with Gasteiger partial charge < -0.3 is 10.6 Å². The highest BCUT2D eigenvalue weighted by Gasteiger charge is 2.30. The summed E-state index contributed by atoms with van der Waals surface area (Å²) in [6, 6.07) is 0. The standard InChI is InChI=1S/C13H25N5O2S/c1-13(3-6-17(2)7-4-13)11-16-21(19,20)12-9-15-18(10-12)8-5-14/h9-10,16H,3-8,11,14H2,1-2H3. The summed E-state index contributed by atoms with van der Waals surface area (Å²) in [6.45, 7) is 5.56. The summed E-state index contributed by atoms with van der Waals surface area (Å²) < 4.78 is 28.9. The van der Waals surface area contributed by atoms with Gasteiger partial charge >= 0.3 is 0 Å². The van der Waals surface area contributed by atoms with Gasteiger partial charge in [0.25, 0.3) is 0 Å². The van der Waals surface area contributed by atoms with Crippen LogP contribution in [-0.2, 0) is 16.6 Å². The summed E-state index contributed by atoms with van der Waals surface area (Å²) in [7, 11) is -1.40. The SMILES string of the molecule is CN1CCC(C)(CNS(=O)(=O)c2cnn(CCN)c2)CC1. The number of piperidine rings is 1. The van der Waals surface area contributed by atoms with E-state index < -0.39 is 10.0 Å². The predicted molar refractivity (Wildman–Crippen MR) is 81.3 cm³/mol. The Morgan fingerprint density at radius 2 is 2.10 bits per heavy atom. The lowest BCUT2D eigenvalue weighted by Crippen LogP contribution is -2.43. The van der Waals surface area contributed by atoms with Crippen LogP contribution in [-0.4, -0.2) is 56.3 Å². The lowest BCUT2D eigenvalue weighted by molar-refractivity contribution is 0.143. The molecule has 0 bridgehead atoms. The number of nitrogens with two attached hydrogens (primary N) is 1. The van der Waals surface area contributed by atoms with Crippen molar-refractivity contribution in [1.29, 1.82) is 0 Å². The smallest absolute Gasteiger partial charge is 0.243 e. The van der Waals surface area contributed by atoms with Crippen LogP contribution in [0.1, 0.15) is 19.8 Å². The van der Waals surface area contributed by atoms with E-state index in [1.807, 2.05) is 0 Å². The molecule has 2 rings (SSSR count). The Kier molecular flexibility index (Phi) is 5.03. The average Bonchev–Trinajstić information content (AvgIpc) is 2.91. The minimum atomic E-state index is -3.50. The van der Waals surface area contributed by atoms with Crippen LogP contribution in [0, 0.1) is 5.41 Å². The summed E-state index contributed by atoms with van der Waals surface area (Å²) >= 11 is 0. The number of nitrogens with zero attached hydrogens (tertiary/aromatic N) is 3. The van der Waals surface area contributed by atoms with Crippen molar-refractivity contribution in [2.45, 2.75) is 31.2 Å². The van der Waals surface area contributed by atoms with Gasteiger partial charge in [-0.15, -0.1) is 0 Å². The normalized spacial score (nSPS) is 19.8. The van der Waals surface area contributed by atoms with E-state index in [1.54, 1.807) is 4.68 Å². The molecular weight excluding hydrogens is 290 g/mol. The zero-order chi connectivity index (χ0) is 15.5. The first kappa shape index (κ1) is 16.4. The maximum atomic E-state index is 12.3. The van der Waals surface area contributed by atoms with E-state index in [4.69, 9.17) is 5.73 Å². The first-order valence-electron chi connectivity index (χ1n) is 7.25. The van der Waals surface area contributed by atoms with Crippen molar-refractivity contribution in [2.75, 3.05) is 33.2 Å². The topological polar surface area (TPSA) is 93.2 Å². The molecule has 1 aliphatic rings. The Morgan fingerprint density at radius 1 is 1.43 bits per heavy atom. The summed E-state index contributed by atoms with van der Waals surface area (Å²) in [6.07, 6.45) is 4.89. The van der Waals surface area contributed by atoms with Crippen LogP contribution < -0.4 is 10.5 Å². The molecule has 3 N–H and O–H groups in total. The van der Waals surface area contributed by atoms with Crippen LogP contribution in [0.5, 0.6) is 0 Å². The molecule has 1 aliphatic heterocycles. The van der Waals surface area contributed by atoms with Gasteiger partial charge in [0.05, 0.1) is 12.7 Å². The van der Waals surface area contributed by atoms with Crippen LogP contribution in [0.3, 0.4) is 0 Å². The number of sulfonamides is 1. The van der Waals surface area contributed by atoms with Gasteiger partial charge in [-0.25, -0.2) is 13.1 Å². The molecule has 21 heavy (non-hydrogen) atoms. The van der Waals surface area contributed by atoms with Gasteiger partial charge in [-0.05, 0) is 38.4 Å². The third-order valence-corrected chi connectivity index (χ3v) is 5.52. The van der Waals surface area contributed by atoms with Crippen molar-refractivity contribution >= 4 is 10.0 Å². The Morgan fingerprint density at radius 3 is 2.71 bits per heavy atom. The summed E-state index contributed by atoms with van der Waals surface area (Å²) in [5.41, 5.74) is 5.45. The number of nitrogens with one attached hydrogen (secondary N) is 1. The molecule has 1 aromatic heterocycles. The second kappa shape index (κ2) is 6.43. The number of aromatic nitrogens is 2. The Bertz CT molecular complexity index is 561. The molecule has 1 saturated heterocycles. The minimum absolute atomic E-state index is 0.0207. The van der Waals surface area contributed by atoms with Crippen LogP contribution in [0.25, 0.3) is 0 Å². The van der Waals surface area contributed by atoms with E-state index in [9.17, 15) is 8.42 Å². The van der Waals surface area contributed by atoms with Crippen molar-refractivity contribution in [2.24, 2.45) is 11.1 Å². The van der Waals surface area contributed by atoms with Crippen molar-refractivity contribution < 1.29 is 8.42 Å². The molecule has 1 aromatic rings. The maximum Gasteiger partial charge on any atom is 0.243 e. The monoisotopic (exact) mass is 315 g/mol. The van der Waals surface area contributed by atoms with E-state index in [1.165, 1.54) is 12.4 Å². The van der Waals surface area contributed by atoms with Crippen LogP contribution in [0.2, 0.25) is 0 Å². The summed E-state index contributed by atoms with van der Waals surface area (Å²) in [5, 5.41) is 4.01. The van der Waals surface area contributed by atoms with Crippen molar-refractivity contribution in [3.05, 3.63) is 12.4 Å². The summed E-state index contributed by atoms with van der Waals surface area (Å²) in [4.78, 5) is 2.47. The molecule has 0 amide bonds. The van der Waals surface area contributed by atoms with Crippen molar-refractivity contribution in [3.63, 3.8) is 0 Å². The van der Waals surface area contributed by atoms with Gasteiger partial charge in [0.15, 0.2) is 0 Å². The van der Waals surface area contributed by atoms with E-state index in [2.05, 4.69) is 28.7 Å². The van der Waals surface area contributed by atoms with Gasteiger partial charge in [-0.3, -0.25) is 4.68 Å². The Labute approximate surface area is 126 Å².